The normalized spacial score (nSPS) is 20.0. The smallest absolute Gasteiger partial charge is 0.261 e. The van der Waals surface area contributed by atoms with E-state index in [-0.39, 0.29) is 29.0 Å². The summed E-state index contributed by atoms with van der Waals surface area (Å²) >= 11 is 3.28. The molecule has 2 amide bonds. The molecule has 172 valence electrons. The van der Waals surface area contributed by atoms with Crippen molar-refractivity contribution in [3.05, 3.63) is 43.6 Å². The number of halogens is 2. The molecule has 1 atom stereocenters. The Bertz CT molecular complexity index is 1060. The van der Waals surface area contributed by atoms with E-state index < -0.39 is 5.82 Å². The molecule has 1 aromatic heterocycles. The molecule has 32 heavy (non-hydrogen) atoms. The Morgan fingerprint density at radius 2 is 2.22 bits per heavy atom. The number of hydrogen-bond acceptors (Lipinski definition) is 5. The van der Waals surface area contributed by atoms with Gasteiger partial charge in [-0.15, -0.1) is 11.3 Å². The molecule has 2 aromatic rings. The van der Waals surface area contributed by atoms with Crippen LogP contribution in [0.1, 0.15) is 52.3 Å². The van der Waals surface area contributed by atoms with Gasteiger partial charge in [-0.25, -0.2) is 4.39 Å². The Hall–Kier alpha value is -1.72. The van der Waals surface area contributed by atoms with E-state index in [9.17, 15) is 14.0 Å². The van der Waals surface area contributed by atoms with Crippen molar-refractivity contribution in [1.82, 2.24) is 10.2 Å². The van der Waals surface area contributed by atoms with E-state index in [1.54, 1.807) is 19.2 Å². The van der Waals surface area contributed by atoms with Gasteiger partial charge in [-0.05, 0) is 71.0 Å². The van der Waals surface area contributed by atoms with Crippen molar-refractivity contribution in [2.24, 2.45) is 5.41 Å². The van der Waals surface area contributed by atoms with Gasteiger partial charge in [0.15, 0.2) is 0 Å². The number of thiophene rings is 1. The summed E-state index contributed by atoms with van der Waals surface area (Å²) in [5.41, 5.74) is 1.30. The molecule has 9 heteroatoms. The van der Waals surface area contributed by atoms with Crippen molar-refractivity contribution in [2.75, 3.05) is 32.1 Å². The Balaban J connectivity index is 1.81. The van der Waals surface area contributed by atoms with Crippen LogP contribution < -0.4 is 10.6 Å². The Morgan fingerprint density at radius 3 is 2.94 bits per heavy atom. The number of ether oxygens (including phenoxy) is 1. The largest absolute Gasteiger partial charge is 0.383 e. The highest BCUT2D eigenvalue weighted by molar-refractivity contribution is 14.1. The summed E-state index contributed by atoms with van der Waals surface area (Å²) in [5.74, 6) is -0.710. The summed E-state index contributed by atoms with van der Waals surface area (Å²) in [6, 6.07) is 4.90. The molecule has 0 saturated carbocycles. The van der Waals surface area contributed by atoms with E-state index in [0.717, 1.165) is 22.0 Å². The second-order valence-corrected chi connectivity index (χ2v) is 11.4. The Kier molecular flexibility index (Phi) is 6.78. The molecule has 4 rings (SSSR count). The lowest BCUT2D eigenvalue weighted by atomic mass is 9.85. The van der Waals surface area contributed by atoms with Gasteiger partial charge in [0.05, 0.1) is 28.8 Å². The van der Waals surface area contributed by atoms with Gasteiger partial charge < -0.3 is 20.3 Å². The summed E-state index contributed by atoms with van der Waals surface area (Å²) in [4.78, 5) is 29.1. The van der Waals surface area contributed by atoms with Crippen LogP contribution in [0.25, 0.3) is 0 Å². The highest BCUT2D eigenvalue weighted by Gasteiger charge is 2.38. The molecule has 0 radical (unpaired) electrons. The molecule has 0 bridgehead atoms. The highest BCUT2D eigenvalue weighted by Crippen LogP contribution is 2.42. The summed E-state index contributed by atoms with van der Waals surface area (Å²) in [6.45, 7) is 5.79. The topological polar surface area (TPSA) is 70.7 Å². The Labute approximate surface area is 205 Å². The summed E-state index contributed by atoms with van der Waals surface area (Å²) in [5, 5.41) is 6.61. The summed E-state index contributed by atoms with van der Waals surface area (Å²) < 4.78 is 20.7. The zero-order chi connectivity index (χ0) is 23.0. The van der Waals surface area contributed by atoms with Crippen molar-refractivity contribution in [1.29, 1.82) is 0 Å². The number of methoxy groups -OCH3 is 1. The maximum atomic E-state index is 14.6. The van der Waals surface area contributed by atoms with Crippen molar-refractivity contribution < 1.29 is 18.7 Å². The third-order valence-corrected chi connectivity index (χ3v) is 7.80. The molecule has 6 nitrogen and oxygen atoms in total. The quantitative estimate of drug-likeness (QED) is 0.507. The van der Waals surface area contributed by atoms with Crippen LogP contribution in [0.15, 0.2) is 18.2 Å². The molecule has 3 heterocycles. The lowest BCUT2D eigenvalue weighted by Gasteiger charge is -2.26. The van der Waals surface area contributed by atoms with Gasteiger partial charge in [-0.2, -0.15) is 0 Å². The maximum Gasteiger partial charge on any atom is 0.261 e. The summed E-state index contributed by atoms with van der Waals surface area (Å²) in [7, 11) is 1.64. The van der Waals surface area contributed by atoms with Gasteiger partial charge in [0.2, 0.25) is 0 Å². The highest BCUT2D eigenvalue weighted by atomic mass is 127. The molecule has 2 aliphatic heterocycles. The first-order valence-electron chi connectivity index (χ1n) is 10.7. The first-order valence-corrected chi connectivity index (χ1v) is 12.6. The van der Waals surface area contributed by atoms with E-state index in [0.29, 0.717) is 41.6 Å². The van der Waals surface area contributed by atoms with Crippen LogP contribution in [0.4, 0.5) is 15.1 Å². The molecular weight excluding hydrogens is 544 g/mol. The molecule has 2 aliphatic rings. The second-order valence-electron chi connectivity index (χ2n) is 9.14. The van der Waals surface area contributed by atoms with Crippen LogP contribution >= 0.6 is 33.9 Å². The van der Waals surface area contributed by atoms with Gasteiger partial charge in [0.1, 0.15) is 10.8 Å². The van der Waals surface area contributed by atoms with E-state index in [1.807, 2.05) is 4.90 Å². The zero-order valence-corrected chi connectivity index (χ0v) is 21.4. The van der Waals surface area contributed by atoms with Crippen LogP contribution in [-0.4, -0.2) is 49.6 Å². The van der Waals surface area contributed by atoms with Crippen molar-refractivity contribution in [3.8, 4) is 0 Å². The molecule has 2 N–H and O–H groups in total. The van der Waals surface area contributed by atoms with E-state index >= 15 is 0 Å². The van der Waals surface area contributed by atoms with Gasteiger partial charge in [0, 0.05) is 23.8 Å². The standard InChI is InChI=1S/C23H27FIN3O3S/c1-23(2)10-15-18(22(30)28-8-4-5-14(28)11-31-3)21(32-19(15)20(29)26-12-23)27-17-7-6-13(25)9-16(17)24/h6-7,9,14,27H,4-5,8,10-12H2,1-3H3,(H,26,29). The predicted molar refractivity (Wildman–Crippen MR) is 132 cm³/mol. The first-order chi connectivity index (χ1) is 15.2. The van der Waals surface area contributed by atoms with Crippen molar-refractivity contribution >= 4 is 56.4 Å². The predicted octanol–water partition coefficient (Wildman–Crippen LogP) is 4.80. The zero-order valence-electron chi connectivity index (χ0n) is 18.4. The van der Waals surface area contributed by atoms with Crippen LogP contribution in [-0.2, 0) is 11.2 Å². The van der Waals surface area contributed by atoms with Gasteiger partial charge in [-0.1, -0.05) is 13.8 Å². The van der Waals surface area contributed by atoms with E-state index in [1.165, 1.54) is 17.4 Å². The first kappa shape index (κ1) is 23.4. The fraction of sp³-hybridized carbons (Fsp3) is 0.478. The van der Waals surface area contributed by atoms with Gasteiger partial charge in [-0.3, -0.25) is 9.59 Å². The van der Waals surface area contributed by atoms with Crippen LogP contribution in [0.2, 0.25) is 0 Å². The number of nitrogens with one attached hydrogen (secondary N) is 2. The molecule has 1 aromatic carbocycles. The monoisotopic (exact) mass is 571 g/mol. The van der Waals surface area contributed by atoms with Crippen molar-refractivity contribution in [3.63, 3.8) is 0 Å². The number of amides is 2. The third-order valence-electron chi connectivity index (χ3n) is 5.99. The Morgan fingerprint density at radius 1 is 1.44 bits per heavy atom. The number of carbonyl (C=O) groups is 2. The number of benzene rings is 1. The molecule has 0 spiro atoms. The number of likely N-dealkylation sites (tertiary alicyclic amines) is 1. The molecule has 1 fully saturated rings. The second kappa shape index (κ2) is 9.26. The number of fused-ring (bicyclic) bond motifs is 1. The SMILES string of the molecule is COCC1CCCN1C(=O)c1c(Nc2ccc(I)cc2F)sc2c1CC(C)(C)CNC2=O. The average molecular weight is 571 g/mol. The van der Waals surface area contributed by atoms with Gasteiger partial charge in [0.25, 0.3) is 11.8 Å². The lowest BCUT2D eigenvalue weighted by Crippen LogP contribution is -2.38. The van der Waals surface area contributed by atoms with Crippen LogP contribution in [0, 0.1) is 14.8 Å². The van der Waals surface area contributed by atoms with Crippen LogP contribution in [0.3, 0.4) is 0 Å². The maximum absolute atomic E-state index is 14.6. The average Bonchev–Trinajstić information content (AvgIpc) is 3.30. The number of anilines is 2. The molecule has 1 unspecified atom stereocenters. The van der Waals surface area contributed by atoms with E-state index in [2.05, 4.69) is 47.1 Å². The summed E-state index contributed by atoms with van der Waals surface area (Å²) in [6.07, 6.45) is 2.37. The van der Waals surface area contributed by atoms with Crippen LogP contribution in [0.5, 0.6) is 0 Å². The number of rotatable bonds is 5. The number of carbonyl (C=O) groups excluding carboxylic acids is 2. The minimum absolute atomic E-state index is 0.00134. The minimum atomic E-state index is -0.401. The van der Waals surface area contributed by atoms with Crippen molar-refractivity contribution in [2.45, 2.75) is 39.2 Å². The third kappa shape index (κ3) is 4.65. The number of hydrogen-bond donors (Lipinski definition) is 2. The number of nitrogens with zero attached hydrogens (tertiary/aromatic N) is 1. The molecule has 1 saturated heterocycles. The lowest BCUT2D eigenvalue weighted by molar-refractivity contribution is 0.0630. The van der Waals surface area contributed by atoms with E-state index in [4.69, 9.17) is 4.74 Å². The van der Waals surface area contributed by atoms with Gasteiger partial charge >= 0.3 is 0 Å². The fourth-order valence-electron chi connectivity index (χ4n) is 4.40. The fourth-order valence-corrected chi connectivity index (χ4v) is 5.99. The minimum Gasteiger partial charge on any atom is -0.383 e. The molecule has 0 aliphatic carbocycles. The molecular formula is C23H27FIN3O3S.